The maximum Gasteiger partial charge on any atom is 0.239 e. The zero-order chi connectivity index (χ0) is 22.3. The number of hydrogen-bond donors (Lipinski definition) is 2. The van der Waals surface area contributed by atoms with Gasteiger partial charge in [0.05, 0.1) is 24.2 Å². The Balaban J connectivity index is 1.49. The summed E-state index contributed by atoms with van der Waals surface area (Å²) in [5.74, 6) is 0.0925. The molecule has 10 heteroatoms. The van der Waals surface area contributed by atoms with Gasteiger partial charge in [0.2, 0.25) is 11.8 Å². The number of hydrogen-bond acceptors (Lipinski definition) is 7. The Kier molecular flexibility index (Phi) is 7.34. The SMILES string of the molecule is NC(=O)C1(S(=O)(=O)c2ccc(OCCCNC(=O)Cc3ccco3)cc2)CCOCC1. The van der Waals surface area contributed by atoms with E-state index in [4.69, 9.17) is 19.6 Å². The van der Waals surface area contributed by atoms with Gasteiger partial charge in [0.25, 0.3) is 0 Å². The lowest BCUT2D eigenvalue weighted by atomic mass is 9.98. The van der Waals surface area contributed by atoms with Crippen molar-refractivity contribution in [1.82, 2.24) is 5.32 Å². The third-order valence-electron chi connectivity index (χ3n) is 5.22. The highest BCUT2D eigenvalue weighted by molar-refractivity contribution is 7.93. The van der Waals surface area contributed by atoms with Crippen molar-refractivity contribution in [1.29, 1.82) is 0 Å². The minimum absolute atomic E-state index is 0.0192. The molecule has 3 N–H and O–H groups in total. The van der Waals surface area contributed by atoms with Gasteiger partial charge in [-0.3, -0.25) is 9.59 Å². The fraction of sp³-hybridized carbons (Fsp3) is 0.429. The summed E-state index contributed by atoms with van der Waals surface area (Å²) in [6.07, 6.45) is 2.35. The Morgan fingerprint density at radius 1 is 1.13 bits per heavy atom. The lowest BCUT2D eigenvalue weighted by Crippen LogP contribution is -2.53. The summed E-state index contributed by atoms with van der Waals surface area (Å²) in [6.45, 7) is 1.12. The summed E-state index contributed by atoms with van der Waals surface area (Å²) in [5.41, 5.74) is 5.48. The number of rotatable bonds is 10. The first-order valence-corrected chi connectivity index (χ1v) is 11.5. The van der Waals surface area contributed by atoms with E-state index in [2.05, 4.69) is 5.32 Å². The van der Waals surface area contributed by atoms with E-state index in [1.54, 1.807) is 12.1 Å². The van der Waals surface area contributed by atoms with Crippen LogP contribution in [0.2, 0.25) is 0 Å². The van der Waals surface area contributed by atoms with E-state index in [0.717, 1.165) is 0 Å². The van der Waals surface area contributed by atoms with E-state index in [-0.39, 0.29) is 43.3 Å². The highest BCUT2D eigenvalue weighted by Gasteiger charge is 2.51. The quantitative estimate of drug-likeness (QED) is 0.519. The van der Waals surface area contributed by atoms with Crippen molar-refractivity contribution in [2.45, 2.75) is 35.3 Å². The smallest absolute Gasteiger partial charge is 0.239 e. The predicted octanol–water partition coefficient (Wildman–Crippen LogP) is 1.22. The monoisotopic (exact) mass is 450 g/mol. The number of carbonyl (C=O) groups excluding carboxylic acids is 2. The highest BCUT2D eigenvalue weighted by atomic mass is 32.2. The summed E-state index contributed by atoms with van der Waals surface area (Å²) in [7, 11) is -3.97. The van der Waals surface area contributed by atoms with Crippen LogP contribution in [0.15, 0.2) is 52.0 Å². The number of sulfone groups is 1. The van der Waals surface area contributed by atoms with Crippen molar-refractivity contribution in [2.24, 2.45) is 5.73 Å². The molecule has 1 aliphatic rings. The largest absolute Gasteiger partial charge is 0.494 e. The molecule has 0 aliphatic carbocycles. The van der Waals surface area contributed by atoms with Crippen molar-refractivity contribution >= 4 is 21.7 Å². The molecule has 1 aromatic carbocycles. The van der Waals surface area contributed by atoms with Gasteiger partial charge in [0, 0.05) is 19.8 Å². The molecule has 1 fully saturated rings. The van der Waals surface area contributed by atoms with Gasteiger partial charge >= 0.3 is 0 Å². The van der Waals surface area contributed by atoms with Crippen LogP contribution in [-0.2, 0) is 30.6 Å². The van der Waals surface area contributed by atoms with Gasteiger partial charge < -0.3 is 24.9 Å². The Hall–Kier alpha value is -2.85. The number of nitrogens with two attached hydrogens (primary N) is 1. The van der Waals surface area contributed by atoms with Crippen LogP contribution in [0.1, 0.15) is 25.0 Å². The third kappa shape index (κ3) is 5.26. The molecular formula is C21H26N2O7S. The van der Waals surface area contributed by atoms with E-state index >= 15 is 0 Å². The summed E-state index contributed by atoms with van der Waals surface area (Å²) in [4.78, 5) is 23.8. The van der Waals surface area contributed by atoms with Crippen molar-refractivity contribution in [2.75, 3.05) is 26.4 Å². The predicted molar refractivity (Wildman–Crippen MR) is 111 cm³/mol. The van der Waals surface area contributed by atoms with Crippen LogP contribution in [-0.4, -0.2) is 51.3 Å². The van der Waals surface area contributed by atoms with Crippen molar-refractivity contribution < 1.29 is 31.9 Å². The van der Waals surface area contributed by atoms with E-state index in [1.807, 2.05) is 0 Å². The minimum atomic E-state index is -3.97. The topological polar surface area (TPSA) is 138 Å². The maximum absolute atomic E-state index is 13.1. The van der Waals surface area contributed by atoms with E-state index < -0.39 is 20.5 Å². The molecule has 3 rings (SSSR count). The molecule has 0 spiro atoms. The molecule has 2 amide bonds. The van der Waals surface area contributed by atoms with Gasteiger partial charge in [-0.25, -0.2) is 8.42 Å². The van der Waals surface area contributed by atoms with Crippen LogP contribution in [0.5, 0.6) is 5.75 Å². The lowest BCUT2D eigenvalue weighted by molar-refractivity contribution is -0.123. The number of ether oxygens (including phenoxy) is 2. The molecule has 1 saturated heterocycles. The number of benzene rings is 1. The molecule has 0 saturated carbocycles. The Morgan fingerprint density at radius 3 is 2.45 bits per heavy atom. The van der Waals surface area contributed by atoms with E-state index in [1.165, 1.54) is 30.5 Å². The van der Waals surface area contributed by atoms with Crippen molar-refractivity contribution in [3.63, 3.8) is 0 Å². The molecule has 1 aromatic heterocycles. The third-order valence-corrected chi connectivity index (χ3v) is 7.76. The first kappa shape index (κ1) is 22.8. The Bertz CT molecular complexity index is 979. The molecule has 2 heterocycles. The van der Waals surface area contributed by atoms with Gasteiger partial charge in [-0.2, -0.15) is 0 Å². The standard InChI is InChI=1S/C21H26N2O7S/c22-20(25)21(8-13-28-14-9-21)31(26,27)18-6-4-16(5-7-18)29-12-2-10-23-19(24)15-17-3-1-11-30-17/h1,3-7,11H,2,8-10,12-15H2,(H2,22,25)(H,23,24). The van der Waals surface area contributed by atoms with Gasteiger partial charge in [-0.05, 0) is 55.7 Å². The Labute approximate surface area is 180 Å². The molecule has 0 unspecified atom stereocenters. The summed E-state index contributed by atoms with van der Waals surface area (Å²) in [5, 5.41) is 2.78. The number of furan rings is 1. The van der Waals surface area contributed by atoms with E-state index in [0.29, 0.717) is 31.1 Å². The fourth-order valence-electron chi connectivity index (χ4n) is 3.41. The highest BCUT2D eigenvalue weighted by Crippen LogP contribution is 2.35. The average Bonchev–Trinajstić information content (AvgIpc) is 3.27. The zero-order valence-electron chi connectivity index (χ0n) is 17.0. The molecule has 0 radical (unpaired) electrons. The number of primary amides is 1. The molecular weight excluding hydrogens is 424 g/mol. The molecule has 1 aliphatic heterocycles. The zero-order valence-corrected chi connectivity index (χ0v) is 17.9. The minimum Gasteiger partial charge on any atom is -0.494 e. The van der Waals surface area contributed by atoms with E-state index in [9.17, 15) is 18.0 Å². The van der Waals surface area contributed by atoms with Crippen molar-refractivity contribution in [3.8, 4) is 5.75 Å². The van der Waals surface area contributed by atoms with Crippen LogP contribution >= 0.6 is 0 Å². The van der Waals surface area contributed by atoms with Gasteiger partial charge in [0.15, 0.2) is 14.6 Å². The average molecular weight is 451 g/mol. The lowest BCUT2D eigenvalue weighted by Gasteiger charge is -2.33. The summed E-state index contributed by atoms with van der Waals surface area (Å²) < 4.78 is 40.5. The van der Waals surface area contributed by atoms with Crippen LogP contribution in [0.25, 0.3) is 0 Å². The summed E-state index contributed by atoms with van der Waals surface area (Å²) >= 11 is 0. The molecule has 0 atom stereocenters. The van der Waals surface area contributed by atoms with Crippen molar-refractivity contribution in [3.05, 3.63) is 48.4 Å². The van der Waals surface area contributed by atoms with Crippen LogP contribution in [0.3, 0.4) is 0 Å². The normalized spacial score (nSPS) is 15.9. The first-order valence-electron chi connectivity index (χ1n) is 9.99. The van der Waals surface area contributed by atoms with Gasteiger partial charge in [-0.15, -0.1) is 0 Å². The second kappa shape index (κ2) is 9.97. The van der Waals surface area contributed by atoms with Crippen LogP contribution < -0.4 is 15.8 Å². The number of carbonyl (C=O) groups is 2. The Morgan fingerprint density at radius 2 is 1.84 bits per heavy atom. The second-order valence-corrected chi connectivity index (χ2v) is 9.51. The summed E-state index contributed by atoms with van der Waals surface area (Å²) in [6, 6.07) is 9.36. The van der Waals surface area contributed by atoms with Crippen LogP contribution in [0, 0.1) is 0 Å². The molecule has 2 aromatic rings. The molecule has 9 nitrogen and oxygen atoms in total. The number of amides is 2. The second-order valence-electron chi connectivity index (χ2n) is 7.25. The molecule has 31 heavy (non-hydrogen) atoms. The maximum atomic E-state index is 13.1. The first-order chi connectivity index (χ1) is 14.8. The number of nitrogens with one attached hydrogen (secondary N) is 1. The fourth-order valence-corrected chi connectivity index (χ4v) is 5.33. The molecule has 168 valence electrons. The van der Waals surface area contributed by atoms with Gasteiger partial charge in [-0.1, -0.05) is 0 Å². The van der Waals surface area contributed by atoms with Crippen LogP contribution in [0.4, 0.5) is 0 Å². The molecule has 0 bridgehead atoms. The van der Waals surface area contributed by atoms with Gasteiger partial charge in [0.1, 0.15) is 11.5 Å².